The zero-order valence-corrected chi connectivity index (χ0v) is 18.0. The van der Waals surface area contributed by atoms with Gasteiger partial charge in [-0.05, 0) is 24.3 Å². The molecule has 34 heavy (non-hydrogen) atoms. The van der Waals surface area contributed by atoms with Crippen LogP contribution >= 0.6 is 0 Å². The molecule has 1 amide bonds. The predicted octanol–water partition coefficient (Wildman–Crippen LogP) is 5.63. The highest BCUT2D eigenvalue weighted by Gasteiger charge is 2.25. The summed E-state index contributed by atoms with van der Waals surface area (Å²) in [5.74, 6) is -0.128. The minimum atomic E-state index is -0.502. The first kappa shape index (κ1) is 19.8. The Bertz CT molecular complexity index is 1720. The highest BCUT2D eigenvalue weighted by molar-refractivity contribution is 6.13. The van der Waals surface area contributed by atoms with Gasteiger partial charge < -0.3 is 24.7 Å². The number of nitrogens with one attached hydrogen (secondary N) is 1. The molecular weight excluding hydrogens is 432 g/mol. The van der Waals surface area contributed by atoms with E-state index in [2.05, 4.69) is 15.5 Å². The molecule has 6 aromatic rings. The molecule has 0 aliphatic rings. The minimum absolute atomic E-state index is 0.0922. The molecular formula is C26H18N4O4. The third-order valence-electron chi connectivity index (χ3n) is 5.73. The predicted molar refractivity (Wildman–Crippen MR) is 130 cm³/mol. The molecule has 0 radical (unpaired) electrons. The van der Waals surface area contributed by atoms with Gasteiger partial charge in [0.05, 0.1) is 24.0 Å². The number of pyridine rings is 1. The second-order valence-corrected chi connectivity index (χ2v) is 7.76. The number of nitrogens with two attached hydrogens (primary N) is 1. The topological polar surface area (TPSA) is 116 Å². The van der Waals surface area contributed by atoms with Crippen LogP contribution < -0.4 is 15.8 Å². The monoisotopic (exact) mass is 450 g/mol. The molecule has 0 aliphatic carbocycles. The lowest BCUT2D eigenvalue weighted by Gasteiger charge is -2.10. The average Bonchev–Trinajstić information content (AvgIpc) is 3.43. The Kier molecular flexibility index (Phi) is 4.44. The number of rotatable bonds is 4. The van der Waals surface area contributed by atoms with Gasteiger partial charge in [0.15, 0.2) is 0 Å². The number of amides is 1. The molecule has 8 heteroatoms. The quantitative estimate of drug-likeness (QED) is 0.357. The van der Waals surface area contributed by atoms with E-state index < -0.39 is 5.91 Å². The standard InChI is InChI=1S/C26H18N4O4/c1-32-22-12-16-15-7-3-5-9-20(15)33-21(16)13-19(22)29-26(31)23-24(30-34-25(23)27)18-11-10-14-6-2-4-8-17(14)28-18/h2-13H,27H2,1H3,(H,29,31). The first-order valence-electron chi connectivity index (χ1n) is 10.5. The van der Waals surface area contributed by atoms with E-state index in [-0.39, 0.29) is 17.1 Å². The number of para-hydroxylation sites is 2. The number of aromatic nitrogens is 2. The Hall–Kier alpha value is -4.85. The van der Waals surface area contributed by atoms with Gasteiger partial charge in [-0.25, -0.2) is 4.98 Å². The van der Waals surface area contributed by atoms with Crippen molar-refractivity contribution in [2.75, 3.05) is 18.2 Å². The Morgan fingerprint density at radius 1 is 0.971 bits per heavy atom. The molecule has 3 heterocycles. The van der Waals surface area contributed by atoms with Crippen LogP contribution in [0, 0.1) is 0 Å². The summed E-state index contributed by atoms with van der Waals surface area (Å²) in [7, 11) is 1.54. The van der Waals surface area contributed by atoms with Gasteiger partial charge in [0.1, 0.15) is 28.2 Å². The number of carbonyl (C=O) groups is 1. The maximum Gasteiger partial charge on any atom is 0.263 e. The third kappa shape index (κ3) is 3.12. The molecule has 3 N–H and O–H groups in total. The Morgan fingerprint density at radius 3 is 2.68 bits per heavy atom. The molecule has 3 aromatic heterocycles. The van der Waals surface area contributed by atoms with E-state index in [0.29, 0.717) is 22.7 Å². The highest BCUT2D eigenvalue weighted by atomic mass is 16.5. The molecule has 0 spiro atoms. The molecule has 0 saturated heterocycles. The molecule has 0 saturated carbocycles. The third-order valence-corrected chi connectivity index (χ3v) is 5.73. The van der Waals surface area contributed by atoms with Crippen molar-refractivity contribution in [3.05, 3.63) is 78.4 Å². The lowest BCUT2D eigenvalue weighted by Crippen LogP contribution is -2.15. The fourth-order valence-electron chi connectivity index (χ4n) is 4.10. The van der Waals surface area contributed by atoms with E-state index in [0.717, 1.165) is 27.3 Å². The molecule has 0 aliphatic heterocycles. The van der Waals surface area contributed by atoms with Crippen LogP contribution in [0.1, 0.15) is 10.4 Å². The van der Waals surface area contributed by atoms with Crippen molar-refractivity contribution in [1.29, 1.82) is 0 Å². The zero-order chi connectivity index (χ0) is 23.2. The zero-order valence-electron chi connectivity index (χ0n) is 18.0. The summed E-state index contributed by atoms with van der Waals surface area (Å²) in [6, 6.07) is 22.6. The number of carbonyl (C=O) groups excluding carboxylic acids is 1. The number of hydrogen-bond donors (Lipinski definition) is 2. The summed E-state index contributed by atoms with van der Waals surface area (Å²) in [5.41, 5.74) is 9.37. The largest absolute Gasteiger partial charge is 0.495 e. The fourth-order valence-corrected chi connectivity index (χ4v) is 4.10. The van der Waals surface area contributed by atoms with E-state index in [4.69, 9.17) is 19.4 Å². The van der Waals surface area contributed by atoms with Crippen molar-refractivity contribution in [2.24, 2.45) is 0 Å². The second-order valence-electron chi connectivity index (χ2n) is 7.76. The summed E-state index contributed by atoms with van der Waals surface area (Å²) in [6.45, 7) is 0. The number of nitrogen functional groups attached to an aromatic ring is 1. The summed E-state index contributed by atoms with van der Waals surface area (Å²) >= 11 is 0. The SMILES string of the molecule is COc1cc2c(cc1NC(=O)c1c(-c3ccc4ccccc4n3)noc1N)oc1ccccc12. The lowest BCUT2D eigenvalue weighted by atomic mass is 10.1. The van der Waals surface area contributed by atoms with Crippen molar-refractivity contribution < 1.29 is 18.5 Å². The summed E-state index contributed by atoms with van der Waals surface area (Å²) in [6.07, 6.45) is 0. The molecule has 0 fully saturated rings. The Morgan fingerprint density at radius 2 is 1.79 bits per heavy atom. The fraction of sp³-hybridized carbons (Fsp3) is 0.0385. The molecule has 6 rings (SSSR count). The van der Waals surface area contributed by atoms with Gasteiger partial charge in [0.2, 0.25) is 5.88 Å². The maximum atomic E-state index is 13.3. The lowest BCUT2D eigenvalue weighted by molar-refractivity contribution is 0.102. The number of furan rings is 1. The minimum Gasteiger partial charge on any atom is -0.495 e. The normalized spacial score (nSPS) is 11.3. The van der Waals surface area contributed by atoms with Gasteiger partial charge in [0.25, 0.3) is 5.91 Å². The number of anilines is 2. The number of fused-ring (bicyclic) bond motifs is 4. The van der Waals surface area contributed by atoms with E-state index in [1.54, 1.807) is 12.1 Å². The van der Waals surface area contributed by atoms with Crippen LogP contribution in [0.4, 0.5) is 11.6 Å². The van der Waals surface area contributed by atoms with Gasteiger partial charge >= 0.3 is 0 Å². The first-order chi connectivity index (χ1) is 16.6. The summed E-state index contributed by atoms with van der Waals surface area (Å²) in [5, 5.41) is 9.68. The number of nitrogens with zero attached hydrogens (tertiary/aromatic N) is 2. The van der Waals surface area contributed by atoms with Crippen LogP contribution in [0.2, 0.25) is 0 Å². The van der Waals surface area contributed by atoms with Crippen LogP contribution in [-0.2, 0) is 0 Å². The molecule has 8 nitrogen and oxygen atoms in total. The molecule has 3 aromatic carbocycles. The van der Waals surface area contributed by atoms with Crippen molar-refractivity contribution in [3.63, 3.8) is 0 Å². The molecule has 0 unspecified atom stereocenters. The van der Waals surface area contributed by atoms with Crippen molar-refractivity contribution >= 4 is 50.3 Å². The maximum absolute atomic E-state index is 13.3. The number of ether oxygens (including phenoxy) is 1. The number of hydrogen-bond acceptors (Lipinski definition) is 7. The average molecular weight is 450 g/mol. The van der Waals surface area contributed by atoms with Crippen LogP contribution in [0.5, 0.6) is 5.75 Å². The Balaban J connectivity index is 1.41. The van der Waals surface area contributed by atoms with E-state index in [1.807, 2.05) is 60.7 Å². The molecule has 166 valence electrons. The highest BCUT2D eigenvalue weighted by Crippen LogP contribution is 2.37. The van der Waals surface area contributed by atoms with Gasteiger partial charge in [-0.3, -0.25) is 4.79 Å². The van der Waals surface area contributed by atoms with Gasteiger partial charge in [-0.2, -0.15) is 0 Å². The Labute approximate surface area is 192 Å². The smallest absolute Gasteiger partial charge is 0.263 e. The number of benzene rings is 3. The van der Waals surface area contributed by atoms with E-state index in [9.17, 15) is 4.79 Å². The van der Waals surface area contributed by atoms with Crippen LogP contribution in [0.15, 0.2) is 81.7 Å². The van der Waals surface area contributed by atoms with Crippen LogP contribution in [0.25, 0.3) is 44.2 Å². The first-order valence-corrected chi connectivity index (χ1v) is 10.5. The van der Waals surface area contributed by atoms with E-state index >= 15 is 0 Å². The van der Waals surface area contributed by atoms with Crippen LogP contribution in [-0.4, -0.2) is 23.2 Å². The van der Waals surface area contributed by atoms with Crippen LogP contribution in [0.3, 0.4) is 0 Å². The molecule has 0 bridgehead atoms. The van der Waals surface area contributed by atoms with Gasteiger partial charge in [0, 0.05) is 22.2 Å². The van der Waals surface area contributed by atoms with Gasteiger partial charge in [-0.15, -0.1) is 0 Å². The van der Waals surface area contributed by atoms with E-state index in [1.165, 1.54) is 7.11 Å². The second kappa shape index (κ2) is 7.63. The summed E-state index contributed by atoms with van der Waals surface area (Å²) in [4.78, 5) is 17.9. The summed E-state index contributed by atoms with van der Waals surface area (Å²) < 4.78 is 16.7. The van der Waals surface area contributed by atoms with Crippen molar-refractivity contribution in [2.45, 2.75) is 0 Å². The van der Waals surface area contributed by atoms with Gasteiger partial charge in [-0.1, -0.05) is 47.6 Å². The number of methoxy groups -OCH3 is 1. The van der Waals surface area contributed by atoms with Crippen molar-refractivity contribution in [1.82, 2.24) is 10.1 Å². The molecule has 0 atom stereocenters. The van der Waals surface area contributed by atoms with Crippen molar-refractivity contribution in [3.8, 4) is 17.1 Å².